The number of benzene rings is 3. The van der Waals surface area contributed by atoms with Crippen LogP contribution in [0.2, 0.25) is 0 Å². The molecule has 28 heavy (non-hydrogen) atoms. The number of carbonyl (C=O) groups excluding carboxylic acids is 2. The van der Waals surface area contributed by atoms with Crippen molar-refractivity contribution in [3.8, 4) is 11.5 Å². The summed E-state index contributed by atoms with van der Waals surface area (Å²) in [7, 11) is 0. The minimum Gasteiger partial charge on any atom is -0.457 e. The second-order valence-electron chi connectivity index (χ2n) is 5.74. The summed E-state index contributed by atoms with van der Waals surface area (Å²) in [5.41, 5.74) is 0.717. The predicted molar refractivity (Wildman–Crippen MR) is 101 cm³/mol. The molecular weight excluding hydrogens is 362 g/mol. The van der Waals surface area contributed by atoms with E-state index in [4.69, 9.17) is 9.47 Å². The number of non-ortho nitro benzene ring substituents is 1. The van der Waals surface area contributed by atoms with Crippen LogP contribution in [0.1, 0.15) is 20.7 Å². The lowest BCUT2D eigenvalue weighted by Crippen LogP contribution is -2.14. The summed E-state index contributed by atoms with van der Waals surface area (Å²) in [4.78, 5) is 34.2. The van der Waals surface area contributed by atoms with Crippen molar-refractivity contribution in [1.29, 1.82) is 0 Å². The van der Waals surface area contributed by atoms with Gasteiger partial charge in [0.2, 0.25) is 0 Å². The highest BCUT2D eigenvalue weighted by molar-refractivity contribution is 5.99. The highest BCUT2D eigenvalue weighted by Crippen LogP contribution is 2.24. The fraction of sp³-hybridized carbons (Fsp3) is 0.0476. The van der Waals surface area contributed by atoms with Crippen molar-refractivity contribution in [2.24, 2.45) is 0 Å². The van der Waals surface area contributed by atoms with Crippen LogP contribution in [0.25, 0.3) is 0 Å². The van der Waals surface area contributed by atoms with E-state index in [-0.39, 0.29) is 23.6 Å². The molecule has 3 aromatic carbocycles. The molecule has 0 bridgehead atoms. The van der Waals surface area contributed by atoms with Crippen LogP contribution in [0.4, 0.5) is 5.69 Å². The first-order valence-corrected chi connectivity index (χ1v) is 8.31. The van der Waals surface area contributed by atoms with Crippen molar-refractivity contribution >= 4 is 17.4 Å². The van der Waals surface area contributed by atoms with E-state index in [9.17, 15) is 19.7 Å². The van der Waals surface area contributed by atoms with Crippen LogP contribution >= 0.6 is 0 Å². The Morgan fingerprint density at radius 1 is 0.786 bits per heavy atom. The van der Waals surface area contributed by atoms with Gasteiger partial charge in [-0.3, -0.25) is 14.9 Å². The third kappa shape index (κ3) is 4.79. The number of nitro benzene ring substituents is 1. The Morgan fingerprint density at radius 2 is 1.36 bits per heavy atom. The van der Waals surface area contributed by atoms with E-state index < -0.39 is 10.9 Å². The molecule has 140 valence electrons. The Kier molecular flexibility index (Phi) is 5.76. The molecule has 0 aromatic heterocycles. The summed E-state index contributed by atoms with van der Waals surface area (Å²) in [5, 5.41) is 10.6. The Bertz CT molecular complexity index is 982. The number of esters is 1. The first kappa shape index (κ1) is 18.8. The Balaban J connectivity index is 1.56. The molecule has 0 spiro atoms. The SMILES string of the molecule is O=C(COC(=O)c1ccc(Oc2ccc([N+](=O)[O-])cc2)cc1)c1ccccc1. The van der Waals surface area contributed by atoms with Gasteiger partial charge in [-0.15, -0.1) is 0 Å². The molecule has 0 N–H and O–H groups in total. The van der Waals surface area contributed by atoms with E-state index in [2.05, 4.69) is 0 Å². The molecule has 0 atom stereocenters. The van der Waals surface area contributed by atoms with Crippen molar-refractivity contribution < 1.29 is 24.0 Å². The van der Waals surface area contributed by atoms with E-state index in [1.807, 2.05) is 0 Å². The largest absolute Gasteiger partial charge is 0.457 e. The van der Waals surface area contributed by atoms with E-state index >= 15 is 0 Å². The molecule has 7 heteroatoms. The molecule has 3 aromatic rings. The molecule has 0 saturated carbocycles. The van der Waals surface area contributed by atoms with E-state index in [0.29, 0.717) is 17.1 Å². The highest BCUT2D eigenvalue weighted by Gasteiger charge is 2.12. The molecule has 7 nitrogen and oxygen atoms in total. The number of carbonyl (C=O) groups is 2. The molecule has 0 heterocycles. The maximum Gasteiger partial charge on any atom is 0.338 e. The van der Waals surface area contributed by atoms with E-state index in [0.717, 1.165) is 0 Å². The zero-order valence-corrected chi connectivity index (χ0v) is 14.6. The van der Waals surface area contributed by atoms with Crippen molar-refractivity contribution in [2.45, 2.75) is 0 Å². The van der Waals surface area contributed by atoms with Crippen molar-refractivity contribution in [3.63, 3.8) is 0 Å². The lowest BCUT2D eigenvalue weighted by Gasteiger charge is -2.07. The van der Waals surface area contributed by atoms with Gasteiger partial charge >= 0.3 is 5.97 Å². The summed E-state index contributed by atoms with van der Waals surface area (Å²) in [5.74, 6) is -0.0293. The lowest BCUT2D eigenvalue weighted by molar-refractivity contribution is -0.384. The van der Waals surface area contributed by atoms with Crippen molar-refractivity contribution in [2.75, 3.05) is 6.61 Å². The Labute approximate surface area is 160 Å². The highest BCUT2D eigenvalue weighted by atomic mass is 16.6. The number of hydrogen-bond acceptors (Lipinski definition) is 6. The van der Waals surface area contributed by atoms with Gasteiger partial charge in [0.1, 0.15) is 11.5 Å². The van der Waals surface area contributed by atoms with Gasteiger partial charge in [0.05, 0.1) is 10.5 Å². The first-order chi connectivity index (χ1) is 13.5. The summed E-state index contributed by atoms with van der Waals surface area (Å²) in [6.07, 6.45) is 0. The normalized spacial score (nSPS) is 10.1. The summed E-state index contributed by atoms with van der Waals surface area (Å²) >= 11 is 0. The fourth-order valence-electron chi connectivity index (χ4n) is 2.35. The van der Waals surface area contributed by atoms with Crippen LogP contribution in [0, 0.1) is 10.1 Å². The summed E-state index contributed by atoms with van der Waals surface area (Å²) < 4.78 is 10.6. The number of rotatable bonds is 7. The topological polar surface area (TPSA) is 95.7 Å². The van der Waals surface area contributed by atoms with Crippen LogP contribution in [0.5, 0.6) is 11.5 Å². The quantitative estimate of drug-likeness (QED) is 0.262. The van der Waals surface area contributed by atoms with Gasteiger partial charge in [0.25, 0.3) is 5.69 Å². The molecule has 0 fully saturated rings. The Hall–Kier alpha value is -4.00. The molecule has 0 aliphatic rings. The van der Waals surface area contributed by atoms with Crippen LogP contribution in [-0.2, 0) is 4.74 Å². The van der Waals surface area contributed by atoms with Gasteiger partial charge in [0.15, 0.2) is 12.4 Å². The summed E-state index contributed by atoms with van der Waals surface area (Å²) in [6.45, 7) is -0.343. The van der Waals surface area contributed by atoms with E-state index in [1.54, 1.807) is 42.5 Å². The van der Waals surface area contributed by atoms with Crippen LogP contribution in [0.15, 0.2) is 78.9 Å². The fourth-order valence-corrected chi connectivity index (χ4v) is 2.35. The molecule has 0 radical (unpaired) electrons. The first-order valence-electron chi connectivity index (χ1n) is 8.31. The number of nitrogens with zero attached hydrogens (tertiary/aromatic N) is 1. The molecule has 0 saturated heterocycles. The molecule has 0 aliphatic heterocycles. The zero-order valence-electron chi connectivity index (χ0n) is 14.6. The summed E-state index contributed by atoms with van der Waals surface area (Å²) in [6, 6.07) is 20.4. The van der Waals surface area contributed by atoms with Crippen LogP contribution in [-0.4, -0.2) is 23.3 Å². The number of ketones is 1. The predicted octanol–water partition coefficient (Wildman–Crippen LogP) is 4.43. The van der Waals surface area contributed by atoms with Crippen molar-refractivity contribution in [3.05, 3.63) is 100 Å². The average Bonchev–Trinajstić information content (AvgIpc) is 2.73. The smallest absolute Gasteiger partial charge is 0.338 e. The maximum absolute atomic E-state index is 12.1. The number of ether oxygens (including phenoxy) is 2. The maximum atomic E-state index is 12.1. The zero-order chi connectivity index (χ0) is 19.9. The lowest BCUT2D eigenvalue weighted by atomic mass is 10.1. The second kappa shape index (κ2) is 8.59. The van der Waals surface area contributed by atoms with Gasteiger partial charge in [0, 0.05) is 17.7 Å². The van der Waals surface area contributed by atoms with E-state index in [1.165, 1.54) is 36.4 Å². The number of hydrogen-bond donors (Lipinski definition) is 0. The standard InChI is InChI=1S/C21H15NO6/c23-20(15-4-2-1-3-5-15)14-27-21(24)16-6-10-18(11-7-16)28-19-12-8-17(9-13-19)22(25)26/h1-13H,14H2. The average molecular weight is 377 g/mol. The second-order valence-corrected chi connectivity index (χ2v) is 5.74. The van der Waals surface area contributed by atoms with Crippen LogP contribution < -0.4 is 4.74 Å². The molecule has 0 aliphatic carbocycles. The monoisotopic (exact) mass is 377 g/mol. The third-order valence-corrected chi connectivity index (χ3v) is 3.80. The van der Waals surface area contributed by atoms with Crippen LogP contribution in [0.3, 0.4) is 0 Å². The van der Waals surface area contributed by atoms with Gasteiger partial charge in [-0.2, -0.15) is 0 Å². The van der Waals surface area contributed by atoms with Gasteiger partial charge < -0.3 is 9.47 Å². The minimum absolute atomic E-state index is 0.0320. The number of Topliss-reactive ketones (excluding diaryl/α,β-unsaturated/α-hetero) is 1. The van der Waals surface area contributed by atoms with Gasteiger partial charge in [-0.05, 0) is 36.4 Å². The Morgan fingerprint density at radius 3 is 1.93 bits per heavy atom. The van der Waals surface area contributed by atoms with Crippen molar-refractivity contribution in [1.82, 2.24) is 0 Å². The van der Waals surface area contributed by atoms with Gasteiger partial charge in [-0.25, -0.2) is 4.79 Å². The molecule has 0 unspecified atom stereocenters. The van der Waals surface area contributed by atoms with Gasteiger partial charge in [-0.1, -0.05) is 30.3 Å². The molecular formula is C21H15NO6. The molecule has 3 rings (SSSR count). The minimum atomic E-state index is -0.619. The number of nitro groups is 1. The third-order valence-electron chi connectivity index (χ3n) is 3.80. The molecule has 0 amide bonds.